The van der Waals surface area contributed by atoms with Gasteiger partial charge in [-0.05, 0) is 54.6 Å². The molecule has 116 valence electrons. The van der Waals surface area contributed by atoms with E-state index in [1.807, 2.05) is 22.6 Å². The van der Waals surface area contributed by atoms with E-state index in [9.17, 15) is 18.0 Å². The van der Waals surface area contributed by atoms with Gasteiger partial charge in [-0.25, -0.2) is 17.9 Å². The lowest BCUT2D eigenvalue weighted by Gasteiger charge is -2.24. The van der Waals surface area contributed by atoms with Crippen LogP contribution in [-0.2, 0) is 14.8 Å². The maximum absolute atomic E-state index is 12.3. The van der Waals surface area contributed by atoms with E-state index in [1.54, 1.807) is 0 Å². The Morgan fingerprint density at radius 3 is 2.43 bits per heavy atom. The minimum Gasteiger partial charge on any atom is -0.478 e. The van der Waals surface area contributed by atoms with Crippen molar-refractivity contribution >= 4 is 44.5 Å². The molecule has 7 nitrogen and oxygen atoms in total. The number of amides is 1. The molecule has 0 saturated heterocycles. The van der Waals surface area contributed by atoms with E-state index < -0.39 is 27.4 Å². The first-order chi connectivity index (χ1) is 9.44. The number of hydrogen-bond acceptors (Lipinski definition) is 4. The predicted molar refractivity (Wildman–Crippen MR) is 84.3 cm³/mol. The number of primary amides is 1. The summed E-state index contributed by atoms with van der Waals surface area (Å²) in [4.78, 5) is 21.8. The second kappa shape index (κ2) is 6.28. The van der Waals surface area contributed by atoms with Crippen molar-refractivity contribution in [3.05, 3.63) is 27.3 Å². The number of halogens is 1. The van der Waals surface area contributed by atoms with E-state index >= 15 is 0 Å². The Hall–Kier alpha value is -1.20. The molecule has 1 aromatic rings. The molecular formula is C12H15IN2O5S. The van der Waals surface area contributed by atoms with Crippen LogP contribution in [0.25, 0.3) is 0 Å². The highest BCUT2D eigenvalue weighted by Crippen LogP contribution is 2.20. The van der Waals surface area contributed by atoms with Crippen molar-refractivity contribution in [1.29, 1.82) is 0 Å². The number of carbonyl (C=O) groups excluding carboxylic acids is 1. The van der Waals surface area contributed by atoms with Gasteiger partial charge in [0.1, 0.15) is 0 Å². The average molecular weight is 426 g/mol. The van der Waals surface area contributed by atoms with Gasteiger partial charge in [0.25, 0.3) is 0 Å². The normalized spacial score (nSPS) is 12.1. The Morgan fingerprint density at radius 1 is 1.38 bits per heavy atom. The zero-order chi connectivity index (χ0) is 16.4. The summed E-state index contributed by atoms with van der Waals surface area (Å²) in [5.74, 6) is -1.86. The lowest BCUT2D eigenvalue weighted by Crippen LogP contribution is -2.45. The highest BCUT2D eigenvalue weighted by Gasteiger charge is 2.28. The van der Waals surface area contributed by atoms with Crippen LogP contribution in [0, 0.1) is 3.57 Å². The van der Waals surface area contributed by atoms with Crippen LogP contribution in [-0.4, -0.2) is 30.9 Å². The summed E-state index contributed by atoms with van der Waals surface area (Å²) >= 11 is 1.81. The van der Waals surface area contributed by atoms with E-state index in [0.29, 0.717) is 3.57 Å². The molecule has 1 amide bonds. The van der Waals surface area contributed by atoms with Crippen LogP contribution in [0.2, 0.25) is 0 Å². The minimum atomic E-state index is -3.96. The number of benzene rings is 1. The third kappa shape index (κ3) is 4.93. The number of nitrogens with one attached hydrogen (secondary N) is 1. The lowest BCUT2D eigenvalue weighted by atomic mass is 10.0. The van der Waals surface area contributed by atoms with E-state index in [-0.39, 0.29) is 16.9 Å². The zero-order valence-electron chi connectivity index (χ0n) is 11.4. The SMILES string of the molecule is CC(C)(CC(N)=O)NS(=O)(=O)c1ccc(I)c(C(=O)O)c1. The smallest absolute Gasteiger partial charge is 0.336 e. The predicted octanol–water partition coefficient (Wildman–Crippen LogP) is 0.922. The molecule has 21 heavy (non-hydrogen) atoms. The summed E-state index contributed by atoms with van der Waals surface area (Å²) in [5, 5.41) is 9.03. The van der Waals surface area contributed by atoms with E-state index in [0.717, 1.165) is 6.07 Å². The fourth-order valence-corrected chi connectivity index (χ4v) is 3.73. The number of carboxylic acids is 1. The Kier molecular flexibility index (Phi) is 5.34. The molecular weight excluding hydrogens is 411 g/mol. The van der Waals surface area contributed by atoms with Gasteiger partial charge in [0.05, 0.1) is 10.5 Å². The van der Waals surface area contributed by atoms with Crippen LogP contribution < -0.4 is 10.5 Å². The fourth-order valence-electron chi connectivity index (χ4n) is 1.73. The van der Waals surface area contributed by atoms with Crippen molar-refractivity contribution in [2.24, 2.45) is 5.73 Å². The van der Waals surface area contributed by atoms with Gasteiger partial charge in [-0.15, -0.1) is 0 Å². The highest BCUT2D eigenvalue weighted by molar-refractivity contribution is 14.1. The molecule has 0 bridgehead atoms. The number of rotatable bonds is 6. The molecule has 9 heteroatoms. The molecule has 0 aliphatic carbocycles. The number of sulfonamides is 1. The molecule has 0 atom stereocenters. The first-order valence-corrected chi connectivity index (χ1v) is 8.36. The van der Waals surface area contributed by atoms with Gasteiger partial charge in [-0.1, -0.05) is 0 Å². The Labute approximate surface area is 136 Å². The topological polar surface area (TPSA) is 127 Å². The molecule has 0 aromatic heterocycles. The van der Waals surface area contributed by atoms with Gasteiger partial charge in [0, 0.05) is 15.5 Å². The molecule has 0 saturated carbocycles. The zero-order valence-corrected chi connectivity index (χ0v) is 14.4. The molecule has 1 aromatic carbocycles. The van der Waals surface area contributed by atoms with E-state index in [1.165, 1.54) is 26.0 Å². The maximum Gasteiger partial charge on any atom is 0.336 e. The van der Waals surface area contributed by atoms with Gasteiger partial charge in [-0.3, -0.25) is 4.79 Å². The monoisotopic (exact) mass is 426 g/mol. The highest BCUT2D eigenvalue weighted by atomic mass is 127. The summed E-state index contributed by atoms with van der Waals surface area (Å²) in [6, 6.07) is 3.78. The van der Waals surface area contributed by atoms with Gasteiger partial charge < -0.3 is 10.8 Å². The molecule has 0 aliphatic heterocycles. The second-order valence-electron chi connectivity index (χ2n) is 5.08. The van der Waals surface area contributed by atoms with Gasteiger partial charge in [0.15, 0.2) is 0 Å². The molecule has 0 fully saturated rings. The third-order valence-corrected chi connectivity index (χ3v) is 5.14. The van der Waals surface area contributed by atoms with E-state index in [4.69, 9.17) is 10.8 Å². The molecule has 0 radical (unpaired) electrons. The molecule has 0 spiro atoms. The minimum absolute atomic E-state index is 0.105. The summed E-state index contributed by atoms with van der Waals surface area (Å²) in [6.07, 6.45) is -0.178. The summed E-state index contributed by atoms with van der Waals surface area (Å²) in [5.41, 5.74) is 3.89. The largest absolute Gasteiger partial charge is 0.478 e. The van der Waals surface area contributed by atoms with E-state index in [2.05, 4.69) is 4.72 Å². The van der Waals surface area contributed by atoms with Crippen molar-refractivity contribution in [1.82, 2.24) is 4.72 Å². The van der Waals surface area contributed by atoms with Crippen LogP contribution in [0.15, 0.2) is 23.1 Å². The van der Waals surface area contributed by atoms with Gasteiger partial charge in [-0.2, -0.15) is 0 Å². The van der Waals surface area contributed by atoms with Crippen molar-refractivity contribution in [2.75, 3.05) is 0 Å². The molecule has 0 unspecified atom stereocenters. The second-order valence-corrected chi connectivity index (χ2v) is 7.92. The van der Waals surface area contributed by atoms with Gasteiger partial charge in [0.2, 0.25) is 15.9 Å². The summed E-state index contributed by atoms with van der Waals surface area (Å²) in [6.45, 7) is 3.03. The van der Waals surface area contributed by atoms with Crippen molar-refractivity contribution in [3.63, 3.8) is 0 Å². The molecule has 4 N–H and O–H groups in total. The average Bonchev–Trinajstić information content (AvgIpc) is 2.24. The van der Waals surface area contributed by atoms with Crippen molar-refractivity contribution in [2.45, 2.75) is 30.7 Å². The Morgan fingerprint density at radius 2 is 1.95 bits per heavy atom. The quantitative estimate of drug-likeness (QED) is 0.584. The first kappa shape index (κ1) is 17.9. The number of carboxylic acid groups (broad SMARTS) is 1. The lowest BCUT2D eigenvalue weighted by molar-refractivity contribution is -0.119. The third-order valence-electron chi connectivity index (χ3n) is 2.51. The van der Waals surface area contributed by atoms with Crippen molar-refractivity contribution < 1.29 is 23.1 Å². The standard InChI is InChI=1S/C12H15IN2O5S/c1-12(2,6-10(14)16)15-21(19,20)7-3-4-9(13)8(5-7)11(17)18/h3-5,15H,6H2,1-2H3,(H2,14,16)(H,17,18). The summed E-state index contributed by atoms with van der Waals surface area (Å²) < 4.78 is 27.3. The molecule has 0 heterocycles. The number of aromatic carboxylic acids is 1. The number of hydrogen-bond donors (Lipinski definition) is 3. The van der Waals surface area contributed by atoms with Crippen molar-refractivity contribution in [3.8, 4) is 0 Å². The van der Waals surface area contributed by atoms with Crippen LogP contribution in [0.4, 0.5) is 0 Å². The molecule has 1 rings (SSSR count). The van der Waals surface area contributed by atoms with Crippen LogP contribution in [0.1, 0.15) is 30.6 Å². The fraction of sp³-hybridized carbons (Fsp3) is 0.333. The van der Waals surface area contributed by atoms with Crippen LogP contribution >= 0.6 is 22.6 Å². The number of carbonyl (C=O) groups is 2. The number of nitrogens with two attached hydrogens (primary N) is 1. The molecule has 0 aliphatic rings. The van der Waals surface area contributed by atoms with Gasteiger partial charge >= 0.3 is 5.97 Å². The summed E-state index contributed by atoms with van der Waals surface area (Å²) in [7, 11) is -3.96. The maximum atomic E-state index is 12.3. The Bertz CT molecular complexity index is 685. The van der Waals surface area contributed by atoms with Crippen LogP contribution in [0.5, 0.6) is 0 Å². The first-order valence-electron chi connectivity index (χ1n) is 5.80. The van der Waals surface area contributed by atoms with Crippen LogP contribution in [0.3, 0.4) is 0 Å². The Balaban J connectivity index is 3.17.